The van der Waals surface area contributed by atoms with Gasteiger partial charge in [-0.05, 0) is 19.4 Å². The molecule has 0 saturated carbocycles. The number of benzene rings is 1. The maximum Gasteiger partial charge on any atom is 0.236 e. The number of carbonyl (C=O) groups excluding carboxylic acids is 2. The van der Waals surface area contributed by atoms with Gasteiger partial charge in [0, 0.05) is 25.7 Å². The van der Waals surface area contributed by atoms with Crippen molar-refractivity contribution in [3.05, 3.63) is 34.9 Å². The van der Waals surface area contributed by atoms with E-state index >= 15 is 0 Å². The minimum absolute atomic E-state index is 0.0830. The Bertz CT molecular complexity index is 511. The van der Waals surface area contributed by atoms with E-state index in [9.17, 15) is 9.59 Å². The van der Waals surface area contributed by atoms with Crippen LogP contribution < -0.4 is 0 Å². The third kappa shape index (κ3) is 3.20. The van der Waals surface area contributed by atoms with Gasteiger partial charge in [-0.25, -0.2) is 0 Å². The van der Waals surface area contributed by atoms with Crippen LogP contribution in [0.5, 0.6) is 0 Å². The molecule has 0 unspecified atom stereocenters. The molecule has 1 aromatic carbocycles. The highest BCUT2D eigenvalue weighted by molar-refractivity contribution is 5.99. The van der Waals surface area contributed by atoms with E-state index in [1.165, 1.54) is 0 Å². The molecule has 4 heteroatoms. The molecule has 1 aliphatic rings. The first-order chi connectivity index (χ1) is 8.97. The van der Waals surface area contributed by atoms with E-state index in [2.05, 4.69) is 0 Å². The molecule has 1 heterocycles. The summed E-state index contributed by atoms with van der Waals surface area (Å²) in [4.78, 5) is 27.5. The molecule has 0 aliphatic carbocycles. The van der Waals surface area contributed by atoms with Crippen LogP contribution in [0.15, 0.2) is 18.2 Å². The Morgan fingerprint density at radius 2 is 2.00 bits per heavy atom. The van der Waals surface area contributed by atoms with Crippen molar-refractivity contribution in [2.24, 2.45) is 0 Å². The molecule has 1 saturated heterocycles. The van der Waals surface area contributed by atoms with Crippen LogP contribution in [0, 0.1) is 13.8 Å². The van der Waals surface area contributed by atoms with Crippen molar-refractivity contribution >= 4 is 11.7 Å². The van der Waals surface area contributed by atoms with Crippen LogP contribution in [0.25, 0.3) is 0 Å². The molecule has 0 N–H and O–H groups in total. The average Bonchev–Trinajstić information content (AvgIpc) is 2.33. The molecule has 0 atom stereocenters. The summed E-state index contributed by atoms with van der Waals surface area (Å²) >= 11 is 0. The molecule has 0 radical (unpaired) electrons. The third-order valence-electron chi connectivity index (χ3n) is 3.59. The van der Waals surface area contributed by atoms with Gasteiger partial charge in [-0.1, -0.05) is 23.8 Å². The van der Waals surface area contributed by atoms with E-state index in [1.54, 1.807) is 11.9 Å². The van der Waals surface area contributed by atoms with Gasteiger partial charge >= 0.3 is 0 Å². The number of Topliss-reactive ketones (excluding diaryl/α,β-unsaturated/α-hetero) is 1. The zero-order valence-electron chi connectivity index (χ0n) is 11.8. The summed E-state index contributed by atoms with van der Waals surface area (Å²) in [6, 6.07) is 5.85. The van der Waals surface area contributed by atoms with Crippen molar-refractivity contribution in [3.63, 3.8) is 0 Å². The molecule has 0 aromatic heterocycles. The van der Waals surface area contributed by atoms with Crippen LogP contribution in [0.2, 0.25) is 0 Å². The quantitative estimate of drug-likeness (QED) is 0.768. The number of ketones is 1. The summed E-state index contributed by atoms with van der Waals surface area (Å²) in [6.07, 6.45) is 0. The Balaban J connectivity index is 2.03. The molecule has 1 aromatic rings. The third-order valence-corrected chi connectivity index (χ3v) is 3.59. The summed E-state index contributed by atoms with van der Waals surface area (Å²) in [5, 5.41) is 0. The van der Waals surface area contributed by atoms with Gasteiger partial charge in [-0.15, -0.1) is 0 Å². The number of amides is 1. The van der Waals surface area contributed by atoms with Crippen molar-refractivity contribution in [3.8, 4) is 0 Å². The Morgan fingerprint density at radius 1 is 1.26 bits per heavy atom. The fraction of sp³-hybridized carbons (Fsp3) is 0.467. The fourth-order valence-electron chi connectivity index (χ4n) is 2.36. The van der Waals surface area contributed by atoms with Gasteiger partial charge in [0.2, 0.25) is 5.91 Å². The molecule has 0 spiro atoms. The number of hydrogen-bond donors (Lipinski definition) is 0. The molecule has 1 amide bonds. The lowest BCUT2D eigenvalue weighted by Crippen LogP contribution is -2.49. The second kappa shape index (κ2) is 5.53. The molecule has 0 bridgehead atoms. The zero-order valence-corrected chi connectivity index (χ0v) is 11.8. The van der Waals surface area contributed by atoms with E-state index in [4.69, 9.17) is 0 Å². The molecule has 4 nitrogen and oxygen atoms in total. The lowest BCUT2D eigenvalue weighted by Gasteiger charge is -2.31. The molecule has 19 heavy (non-hydrogen) atoms. The van der Waals surface area contributed by atoms with Gasteiger partial charge in [-0.2, -0.15) is 0 Å². The minimum Gasteiger partial charge on any atom is -0.343 e. The van der Waals surface area contributed by atoms with E-state index < -0.39 is 0 Å². The lowest BCUT2D eigenvalue weighted by molar-refractivity contribution is -0.134. The topological polar surface area (TPSA) is 40.6 Å². The van der Waals surface area contributed by atoms with Gasteiger partial charge < -0.3 is 4.90 Å². The standard InChI is InChI=1S/C15H20N2O2/c1-11-4-5-13(12(2)8-11)14(18)9-17-7-6-16(3)15(19)10-17/h4-5,8H,6-7,9-10H2,1-3H3. The van der Waals surface area contributed by atoms with Crippen LogP contribution >= 0.6 is 0 Å². The van der Waals surface area contributed by atoms with Crippen LogP contribution in [0.3, 0.4) is 0 Å². The second-order valence-electron chi connectivity index (χ2n) is 5.27. The Kier molecular flexibility index (Phi) is 4.00. The van der Waals surface area contributed by atoms with Crippen molar-refractivity contribution in [2.45, 2.75) is 13.8 Å². The number of hydrogen-bond acceptors (Lipinski definition) is 3. The van der Waals surface area contributed by atoms with Crippen molar-refractivity contribution in [1.29, 1.82) is 0 Å². The van der Waals surface area contributed by atoms with Crippen LogP contribution in [-0.2, 0) is 4.79 Å². The first-order valence-electron chi connectivity index (χ1n) is 6.54. The number of piperazine rings is 1. The van der Waals surface area contributed by atoms with Crippen LogP contribution in [0.1, 0.15) is 21.5 Å². The van der Waals surface area contributed by atoms with E-state index in [-0.39, 0.29) is 11.7 Å². The first kappa shape index (κ1) is 13.7. The van der Waals surface area contributed by atoms with Crippen molar-refractivity contribution < 1.29 is 9.59 Å². The monoisotopic (exact) mass is 260 g/mol. The number of rotatable bonds is 3. The molecular weight excluding hydrogens is 240 g/mol. The smallest absolute Gasteiger partial charge is 0.236 e. The number of aryl methyl sites for hydroxylation is 2. The fourth-order valence-corrected chi connectivity index (χ4v) is 2.36. The molecule has 102 valence electrons. The summed E-state index contributed by atoms with van der Waals surface area (Å²) in [5.41, 5.74) is 2.92. The predicted octanol–water partition coefficient (Wildman–Crippen LogP) is 1.26. The van der Waals surface area contributed by atoms with E-state index in [1.807, 2.05) is 36.9 Å². The summed E-state index contributed by atoms with van der Waals surface area (Å²) < 4.78 is 0. The van der Waals surface area contributed by atoms with Gasteiger partial charge in [0.25, 0.3) is 0 Å². The van der Waals surface area contributed by atoms with Gasteiger partial charge in [-0.3, -0.25) is 14.5 Å². The van der Waals surface area contributed by atoms with E-state index in [0.29, 0.717) is 19.6 Å². The van der Waals surface area contributed by atoms with Crippen molar-refractivity contribution in [2.75, 3.05) is 33.2 Å². The molecular formula is C15H20N2O2. The highest BCUT2D eigenvalue weighted by Gasteiger charge is 2.23. The number of carbonyl (C=O) groups is 2. The van der Waals surface area contributed by atoms with Crippen LogP contribution in [-0.4, -0.2) is 54.7 Å². The van der Waals surface area contributed by atoms with Crippen molar-refractivity contribution in [1.82, 2.24) is 9.80 Å². The van der Waals surface area contributed by atoms with Crippen LogP contribution in [0.4, 0.5) is 0 Å². The molecule has 1 aliphatic heterocycles. The maximum atomic E-state index is 12.3. The van der Waals surface area contributed by atoms with E-state index in [0.717, 1.165) is 23.2 Å². The number of likely N-dealkylation sites (N-methyl/N-ethyl adjacent to an activating group) is 1. The minimum atomic E-state index is 0.0830. The zero-order chi connectivity index (χ0) is 14.0. The molecule has 2 rings (SSSR count). The molecule has 1 fully saturated rings. The number of nitrogens with zero attached hydrogens (tertiary/aromatic N) is 2. The largest absolute Gasteiger partial charge is 0.343 e. The van der Waals surface area contributed by atoms with Gasteiger partial charge in [0.05, 0.1) is 13.1 Å². The second-order valence-corrected chi connectivity index (χ2v) is 5.27. The summed E-state index contributed by atoms with van der Waals surface area (Å²) in [5.74, 6) is 0.175. The Hall–Kier alpha value is -1.68. The summed E-state index contributed by atoms with van der Waals surface area (Å²) in [7, 11) is 1.80. The average molecular weight is 260 g/mol. The van der Waals surface area contributed by atoms with Gasteiger partial charge in [0.1, 0.15) is 0 Å². The lowest BCUT2D eigenvalue weighted by atomic mass is 10.0. The highest BCUT2D eigenvalue weighted by atomic mass is 16.2. The summed E-state index contributed by atoms with van der Waals surface area (Å²) in [6.45, 7) is 6.09. The normalized spacial score (nSPS) is 16.8. The SMILES string of the molecule is Cc1ccc(C(=O)CN2CCN(C)C(=O)C2)c(C)c1. The first-order valence-corrected chi connectivity index (χ1v) is 6.54. The Morgan fingerprint density at radius 3 is 2.63 bits per heavy atom. The highest BCUT2D eigenvalue weighted by Crippen LogP contribution is 2.12. The maximum absolute atomic E-state index is 12.3. The van der Waals surface area contributed by atoms with Gasteiger partial charge in [0.15, 0.2) is 5.78 Å². The Labute approximate surface area is 114 Å². The predicted molar refractivity (Wildman–Crippen MR) is 74.3 cm³/mol.